The van der Waals surface area contributed by atoms with Crippen molar-refractivity contribution < 1.29 is 33.3 Å². The quantitative estimate of drug-likeness (QED) is 0.304. The molecule has 35 heavy (non-hydrogen) atoms. The molecule has 0 heterocycles. The van der Waals surface area contributed by atoms with Crippen molar-refractivity contribution in [3.8, 4) is 11.5 Å². The summed E-state index contributed by atoms with van der Waals surface area (Å²) in [5.74, 6) is -0.691. The van der Waals surface area contributed by atoms with Gasteiger partial charge in [0.2, 0.25) is 0 Å². The lowest BCUT2D eigenvalue weighted by Gasteiger charge is -2.22. The number of rotatable bonds is 16. The summed E-state index contributed by atoms with van der Waals surface area (Å²) in [6.45, 7) is 5.33. The number of hydrogen-bond donors (Lipinski definition) is 1. The van der Waals surface area contributed by atoms with Gasteiger partial charge in [0.15, 0.2) is 6.10 Å². The zero-order valence-corrected chi connectivity index (χ0v) is 20.6. The molecule has 8 heteroatoms. The van der Waals surface area contributed by atoms with Crippen LogP contribution in [0.15, 0.2) is 48.5 Å². The molecule has 0 spiro atoms. The third kappa shape index (κ3) is 10.8. The fourth-order valence-electron chi connectivity index (χ4n) is 3.52. The number of hydrogen-bond acceptors (Lipinski definition) is 5. The fourth-order valence-corrected chi connectivity index (χ4v) is 3.52. The molecular formula is C27H36FNO6. The van der Waals surface area contributed by atoms with Crippen LogP contribution in [-0.4, -0.2) is 54.5 Å². The van der Waals surface area contributed by atoms with Crippen LogP contribution in [0, 0.1) is 5.82 Å². The first kappa shape index (κ1) is 28.1. The molecule has 0 aliphatic heterocycles. The van der Waals surface area contributed by atoms with Crippen LogP contribution in [0.25, 0.3) is 0 Å². The smallest absolute Gasteiger partial charge is 0.415 e. The Morgan fingerprint density at radius 1 is 0.971 bits per heavy atom. The third-order valence-electron chi connectivity index (χ3n) is 5.41. The monoisotopic (exact) mass is 489 g/mol. The molecule has 1 N–H and O–H groups in total. The van der Waals surface area contributed by atoms with E-state index in [2.05, 4.69) is 6.92 Å². The van der Waals surface area contributed by atoms with Crippen molar-refractivity contribution in [1.82, 2.24) is 4.90 Å². The molecular weight excluding hydrogens is 453 g/mol. The number of carbonyl (C=O) groups excluding carboxylic acids is 1. The fraction of sp³-hybridized carbons (Fsp3) is 0.481. The number of aliphatic carboxylic acids is 1. The highest BCUT2D eigenvalue weighted by Crippen LogP contribution is 2.16. The van der Waals surface area contributed by atoms with Gasteiger partial charge in [0.1, 0.15) is 23.9 Å². The summed E-state index contributed by atoms with van der Waals surface area (Å²) in [5.41, 5.74) is 0.825. The van der Waals surface area contributed by atoms with Gasteiger partial charge in [0.05, 0.1) is 6.54 Å². The number of unbranched alkanes of at least 4 members (excludes halogenated alkanes) is 4. The second kappa shape index (κ2) is 15.7. The van der Waals surface area contributed by atoms with Crippen LogP contribution in [-0.2, 0) is 16.0 Å². The zero-order valence-electron chi connectivity index (χ0n) is 20.6. The van der Waals surface area contributed by atoms with Crippen LogP contribution in [0.3, 0.4) is 0 Å². The zero-order chi connectivity index (χ0) is 25.5. The molecule has 7 nitrogen and oxygen atoms in total. The number of carboxylic acid groups (broad SMARTS) is 1. The molecule has 1 amide bonds. The van der Waals surface area contributed by atoms with Crippen LogP contribution < -0.4 is 9.47 Å². The molecule has 0 bridgehead atoms. The summed E-state index contributed by atoms with van der Waals surface area (Å²) in [7, 11) is 0. The van der Waals surface area contributed by atoms with Gasteiger partial charge in [0, 0.05) is 25.6 Å². The highest BCUT2D eigenvalue weighted by atomic mass is 19.1. The number of halogens is 1. The number of nitrogens with zero attached hydrogens (tertiary/aromatic N) is 1. The van der Waals surface area contributed by atoms with Gasteiger partial charge in [-0.05, 0) is 43.2 Å². The number of benzene rings is 2. The topological polar surface area (TPSA) is 85.3 Å². The molecule has 2 aromatic rings. The van der Waals surface area contributed by atoms with Crippen molar-refractivity contribution >= 4 is 12.1 Å². The van der Waals surface area contributed by atoms with E-state index in [-0.39, 0.29) is 18.8 Å². The van der Waals surface area contributed by atoms with Gasteiger partial charge in [-0.1, -0.05) is 50.8 Å². The molecule has 1 unspecified atom stereocenters. The van der Waals surface area contributed by atoms with Gasteiger partial charge in [-0.25, -0.2) is 14.0 Å². The van der Waals surface area contributed by atoms with E-state index in [4.69, 9.17) is 14.2 Å². The van der Waals surface area contributed by atoms with Gasteiger partial charge < -0.3 is 24.2 Å². The molecule has 0 radical (unpaired) electrons. The molecule has 0 aliphatic carbocycles. The molecule has 0 fully saturated rings. The Balaban J connectivity index is 1.90. The van der Waals surface area contributed by atoms with Gasteiger partial charge in [-0.15, -0.1) is 0 Å². The number of ether oxygens (including phenoxy) is 3. The van der Waals surface area contributed by atoms with E-state index < -0.39 is 24.0 Å². The highest BCUT2D eigenvalue weighted by Gasteiger charge is 2.18. The lowest BCUT2D eigenvalue weighted by atomic mass is 10.1. The largest absolute Gasteiger partial charge is 0.492 e. The van der Waals surface area contributed by atoms with Crippen molar-refractivity contribution in [2.45, 2.75) is 58.5 Å². The molecule has 0 saturated carbocycles. The molecule has 0 aliphatic rings. The van der Waals surface area contributed by atoms with Crippen LogP contribution in [0.5, 0.6) is 11.5 Å². The van der Waals surface area contributed by atoms with Crippen molar-refractivity contribution in [2.75, 3.05) is 26.3 Å². The summed E-state index contributed by atoms with van der Waals surface area (Å²) >= 11 is 0. The van der Waals surface area contributed by atoms with Gasteiger partial charge in [0.25, 0.3) is 0 Å². The second-order valence-electron chi connectivity index (χ2n) is 8.21. The van der Waals surface area contributed by atoms with Crippen molar-refractivity contribution in [2.24, 2.45) is 0 Å². The minimum atomic E-state index is -0.993. The van der Waals surface area contributed by atoms with Crippen LogP contribution in [0.4, 0.5) is 9.18 Å². The predicted octanol–water partition coefficient (Wildman–Crippen LogP) is 5.71. The second-order valence-corrected chi connectivity index (χ2v) is 8.21. The Bertz CT molecular complexity index is 905. The standard InChI is InChI=1S/C27H36FNO6/c1-3-5-6-7-8-16-29(27(32)35-24-11-9-10-22(28)20-24)17-18-34-23-14-12-21(13-15-23)19-25(26(30)31)33-4-2/h9-15,20,25H,3-8,16-19H2,1-2H3,(H,30,31). The van der Waals surface area contributed by atoms with E-state index in [1.165, 1.54) is 18.2 Å². The van der Waals surface area contributed by atoms with Gasteiger partial charge in [-0.3, -0.25) is 0 Å². The highest BCUT2D eigenvalue weighted by molar-refractivity contribution is 5.72. The van der Waals surface area contributed by atoms with Crippen molar-refractivity contribution in [3.63, 3.8) is 0 Å². The Hall–Kier alpha value is -3.13. The van der Waals surface area contributed by atoms with Crippen LogP contribution in [0.2, 0.25) is 0 Å². The number of amides is 1. The van der Waals surface area contributed by atoms with E-state index in [0.717, 1.165) is 37.7 Å². The SMILES string of the molecule is CCCCCCCN(CCOc1ccc(CC(OCC)C(=O)O)cc1)C(=O)Oc1cccc(F)c1. The predicted molar refractivity (Wildman–Crippen MR) is 131 cm³/mol. The Morgan fingerprint density at radius 3 is 2.37 bits per heavy atom. The molecule has 1 atom stereocenters. The molecule has 0 saturated heterocycles. The third-order valence-corrected chi connectivity index (χ3v) is 5.41. The maximum Gasteiger partial charge on any atom is 0.415 e. The number of carboxylic acids is 1. The molecule has 2 rings (SSSR count). The first-order chi connectivity index (χ1) is 16.9. The maximum absolute atomic E-state index is 13.4. The van der Waals surface area contributed by atoms with E-state index in [0.29, 0.717) is 25.4 Å². The summed E-state index contributed by atoms with van der Waals surface area (Å²) in [4.78, 5) is 25.6. The summed E-state index contributed by atoms with van der Waals surface area (Å²) < 4.78 is 29.9. The lowest BCUT2D eigenvalue weighted by Crippen LogP contribution is -2.37. The first-order valence-electron chi connectivity index (χ1n) is 12.2. The van der Waals surface area contributed by atoms with Gasteiger partial charge >= 0.3 is 12.1 Å². The average Bonchev–Trinajstić information content (AvgIpc) is 2.83. The maximum atomic E-state index is 13.4. The average molecular weight is 490 g/mol. The summed E-state index contributed by atoms with van der Waals surface area (Å²) in [6, 6.07) is 12.6. The normalized spacial score (nSPS) is 11.6. The van der Waals surface area contributed by atoms with Crippen LogP contribution in [0.1, 0.15) is 51.5 Å². The van der Waals surface area contributed by atoms with Crippen LogP contribution >= 0.6 is 0 Å². The number of carbonyl (C=O) groups is 2. The Labute approximate surface area is 206 Å². The molecule has 192 valence electrons. The minimum Gasteiger partial charge on any atom is -0.492 e. The summed E-state index contributed by atoms with van der Waals surface area (Å²) in [5, 5.41) is 9.23. The first-order valence-corrected chi connectivity index (χ1v) is 12.2. The lowest BCUT2D eigenvalue weighted by molar-refractivity contribution is -0.149. The van der Waals surface area contributed by atoms with Gasteiger partial charge in [-0.2, -0.15) is 0 Å². The van der Waals surface area contributed by atoms with E-state index in [1.807, 2.05) is 0 Å². The Kier molecular flexibility index (Phi) is 12.6. The van der Waals surface area contributed by atoms with Crippen molar-refractivity contribution in [3.05, 3.63) is 59.9 Å². The minimum absolute atomic E-state index is 0.161. The Morgan fingerprint density at radius 2 is 1.71 bits per heavy atom. The van der Waals surface area contributed by atoms with E-state index in [1.54, 1.807) is 42.2 Å². The molecule has 2 aromatic carbocycles. The van der Waals surface area contributed by atoms with Crippen molar-refractivity contribution in [1.29, 1.82) is 0 Å². The van der Waals surface area contributed by atoms with E-state index in [9.17, 15) is 19.1 Å². The van der Waals surface area contributed by atoms with E-state index >= 15 is 0 Å². The molecule has 0 aromatic heterocycles. The summed E-state index contributed by atoms with van der Waals surface area (Å²) in [6.07, 6.45) is 4.10.